The average molecular weight is 669 g/mol. The first-order valence-corrected chi connectivity index (χ1v) is 15.1. The van der Waals surface area contributed by atoms with E-state index in [9.17, 15) is 23.6 Å². The predicted octanol–water partition coefficient (Wildman–Crippen LogP) is 6.77. The Morgan fingerprint density at radius 2 is 1.80 bits per heavy atom. The fourth-order valence-corrected chi connectivity index (χ4v) is 6.91. The summed E-state index contributed by atoms with van der Waals surface area (Å²) in [7, 11) is 0. The van der Waals surface area contributed by atoms with E-state index in [-0.39, 0.29) is 80.9 Å². The molecule has 46 heavy (non-hydrogen) atoms. The fourth-order valence-electron chi connectivity index (χ4n) is 6.45. The molecule has 2 bridgehead atoms. The number of nitrogens with zero attached hydrogens (tertiary/aromatic N) is 6. The van der Waals surface area contributed by atoms with E-state index in [0.29, 0.717) is 5.69 Å². The highest BCUT2D eigenvalue weighted by Crippen LogP contribution is 2.39. The Balaban J connectivity index is 1.89. The second-order valence-electron chi connectivity index (χ2n) is 11.6. The lowest BCUT2D eigenvalue weighted by Crippen LogP contribution is -2.58. The maximum atomic E-state index is 15.7. The van der Waals surface area contributed by atoms with Crippen LogP contribution in [-0.2, 0) is 4.79 Å². The highest BCUT2D eigenvalue weighted by Gasteiger charge is 2.35. The van der Waals surface area contributed by atoms with E-state index >= 15 is 4.39 Å². The van der Waals surface area contributed by atoms with Crippen LogP contribution in [0.15, 0.2) is 35.8 Å². The number of anilines is 1. The molecule has 9 nitrogen and oxygen atoms in total. The smallest absolute Gasteiger partial charge is 0.276 e. The molecular weight excluding hydrogens is 642 g/mol. The summed E-state index contributed by atoms with van der Waals surface area (Å²) >= 11 is 13.0. The van der Waals surface area contributed by atoms with E-state index in [2.05, 4.69) is 27.6 Å². The number of piperazine rings is 1. The molecule has 0 radical (unpaired) electrons. The van der Waals surface area contributed by atoms with E-state index < -0.39 is 38.9 Å². The van der Waals surface area contributed by atoms with Gasteiger partial charge in [-0.25, -0.2) is 23.1 Å². The third-order valence-corrected chi connectivity index (χ3v) is 8.98. The molecule has 6 rings (SSSR count). The van der Waals surface area contributed by atoms with Crippen LogP contribution in [0.5, 0.6) is 0 Å². The van der Waals surface area contributed by atoms with Gasteiger partial charge >= 0.3 is 0 Å². The number of H-pyrrole nitrogens is 1. The number of rotatable bonds is 3. The van der Waals surface area contributed by atoms with Crippen LogP contribution in [0, 0.1) is 28.8 Å². The topological polar surface area (TPSA) is 110 Å². The molecule has 0 saturated carbocycles. The molecule has 1 aliphatic rings. The molecule has 5 aromatic rings. The van der Waals surface area contributed by atoms with Gasteiger partial charge in [0.15, 0.2) is 23.1 Å². The van der Waals surface area contributed by atoms with Crippen LogP contribution in [0.4, 0.5) is 18.9 Å². The van der Waals surface area contributed by atoms with Crippen LogP contribution in [-0.4, -0.2) is 55.3 Å². The van der Waals surface area contributed by atoms with Crippen molar-refractivity contribution in [3.05, 3.63) is 80.1 Å². The van der Waals surface area contributed by atoms with Crippen LogP contribution in [0.1, 0.15) is 44.9 Å². The summed E-state index contributed by atoms with van der Waals surface area (Å²) in [6.07, 6.45) is 2.76. The minimum atomic E-state index is -1.84. The molecule has 5 heterocycles. The quantitative estimate of drug-likeness (QED) is 0.129. The zero-order valence-corrected chi connectivity index (χ0v) is 26.6. The van der Waals surface area contributed by atoms with Crippen molar-refractivity contribution < 1.29 is 18.0 Å². The molecule has 0 spiro atoms. The Morgan fingerprint density at radius 1 is 1.13 bits per heavy atom. The summed E-state index contributed by atoms with van der Waals surface area (Å²) in [5.41, 5.74) is -0.912. The van der Waals surface area contributed by atoms with E-state index in [1.54, 1.807) is 4.90 Å². The molecular formula is C32H26Cl2F3N7O2. The van der Waals surface area contributed by atoms with Crippen molar-refractivity contribution in [3.8, 4) is 6.07 Å². The molecule has 1 amide bonds. The van der Waals surface area contributed by atoms with Crippen LogP contribution < -0.4 is 10.5 Å². The van der Waals surface area contributed by atoms with Crippen molar-refractivity contribution in [2.24, 2.45) is 0 Å². The van der Waals surface area contributed by atoms with E-state index in [4.69, 9.17) is 23.2 Å². The summed E-state index contributed by atoms with van der Waals surface area (Å²) in [5.74, 6) is -5.61. The van der Waals surface area contributed by atoms with Crippen LogP contribution in [0.25, 0.3) is 38.5 Å². The first kappa shape index (κ1) is 31.4. The Bertz CT molecular complexity index is 2280. The van der Waals surface area contributed by atoms with Crippen molar-refractivity contribution in [2.75, 3.05) is 18.0 Å². The Hall–Kier alpha value is -4.60. The number of fused-ring (bicyclic) bond motifs is 5. The summed E-state index contributed by atoms with van der Waals surface area (Å²) in [6, 6.07) is 4.25. The van der Waals surface area contributed by atoms with Crippen molar-refractivity contribution >= 4 is 73.3 Å². The molecule has 2 atom stereocenters. The Morgan fingerprint density at radius 3 is 2.41 bits per heavy atom. The highest BCUT2D eigenvalue weighted by atomic mass is 35.5. The molecule has 0 unspecified atom stereocenters. The standard InChI is InChI=1S/C32H26Cl2F3N7O2/c1-6-20(45)43-14(4)11-42(12-15(43)5)29-16-9-18(33)27-21-23(35)25(37)24(36)22(34)28(21)40-19-7-8-39-26(13(2)3)30(19)44(31(16)41-27)32(46)17(29)10-38/h6-9,13-15,39H,1,11-12H2,2-5H3/t14-,15+. The van der Waals surface area contributed by atoms with E-state index in [0.717, 1.165) is 0 Å². The number of pyridine rings is 3. The molecule has 236 valence electrons. The van der Waals surface area contributed by atoms with E-state index in [1.165, 1.54) is 28.8 Å². The van der Waals surface area contributed by atoms with Gasteiger partial charge in [0.2, 0.25) is 5.91 Å². The number of nitriles is 1. The molecule has 1 aromatic carbocycles. The second-order valence-corrected chi connectivity index (χ2v) is 12.4. The molecule has 1 N–H and O–H groups in total. The zero-order valence-electron chi connectivity index (χ0n) is 25.1. The van der Waals surface area contributed by atoms with Crippen molar-refractivity contribution in [2.45, 2.75) is 45.7 Å². The molecule has 1 saturated heterocycles. The maximum absolute atomic E-state index is 15.7. The number of nitrogens with one attached hydrogen (secondary N) is 1. The minimum Gasteiger partial charge on any atom is -0.366 e. The Kier molecular flexibility index (Phi) is 7.73. The molecule has 4 aromatic heterocycles. The number of hydrogen-bond donors (Lipinski definition) is 1. The summed E-state index contributed by atoms with van der Waals surface area (Å²) < 4.78 is 46.6. The van der Waals surface area contributed by atoms with Gasteiger partial charge in [-0.3, -0.25) is 14.0 Å². The average Bonchev–Trinajstić information content (AvgIpc) is 3.07. The second kappa shape index (κ2) is 11.3. The maximum Gasteiger partial charge on any atom is 0.276 e. The van der Waals surface area contributed by atoms with Gasteiger partial charge < -0.3 is 14.8 Å². The summed E-state index contributed by atoms with van der Waals surface area (Å²) in [5, 5.41) is 9.16. The third kappa shape index (κ3) is 4.52. The van der Waals surface area contributed by atoms with Crippen LogP contribution in [0.3, 0.4) is 0 Å². The van der Waals surface area contributed by atoms with Gasteiger partial charge in [-0.1, -0.05) is 43.6 Å². The number of carbonyl (C=O) groups excluding carboxylic acids is 1. The van der Waals surface area contributed by atoms with E-state index in [1.807, 2.05) is 32.6 Å². The van der Waals surface area contributed by atoms with Gasteiger partial charge in [-0.15, -0.1) is 0 Å². The van der Waals surface area contributed by atoms with Gasteiger partial charge in [0.05, 0.1) is 38.2 Å². The molecule has 0 aliphatic carbocycles. The van der Waals surface area contributed by atoms with Gasteiger partial charge in [0.25, 0.3) is 5.56 Å². The molecule has 14 heteroatoms. The number of aromatic amines is 1. The number of aromatic nitrogens is 4. The van der Waals surface area contributed by atoms with Crippen molar-refractivity contribution in [3.63, 3.8) is 0 Å². The largest absolute Gasteiger partial charge is 0.366 e. The van der Waals surface area contributed by atoms with Crippen molar-refractivity contribution in [1.29, 1.82) is 5.26 Å². The number of amides is 1. The lowest BCUT2D eigenvalue weighted by Gasteiger charge is -2.45. The van der Waals surface area contributed by atoms with Crippen LogP contribution in [0.2, 0.25) is 10.0 Å². The first-order chi connectivity index (χ1) is 21.8. The van der Waals surface area contributed by atoms with Gasteiger partial charge in [-0.2, -0.15) is 5.26 Å². The van der Waals surface area contributed by atoms with Crippen LogP contribution >= 0.6 is 23.2 Å². The van der Waals surface area contributed by atoms with Gasteiger partial charge in [0.1, 0.15) is 16.7 Å². The molecule has 1 aliphatic heterocycles. The van der Waals surface area contributed by atoms with Crippen molar-refractivity contribution in [1.82, 2.24) is 24.3 Å². The van der Waals surface area contributed by atoms with Gasteiger partial charge in [-0.05, 0) is 38.0 Å². The number of carbonyl (C=O) groups is 1. The predicted molar refractivity (Wildman–Crippen MR) is 172 cm³/mol. The minimum absolute atomic E-state index is 0.0330. The number of hydrogen-bond acceptors (Lipinski definition) is 6. The van der Waals surface area contributed by atoms with Gasteiger partial charge in [0, 0.05) is 42.5 Å². The molecule has 1 fully saturated rings. The monoisotopic (exact) mass is 667 g/mol. The SMILES string of the molecule is C=CC(=O)N1[C@H](C)CN(c2c(C#N)c(=O)n3c4nc(c(Cl)cc24)c2c(F)c(F)c(F)c(Cl)c2nc2cc[nH]c(C(C)C)c23)C[C@@H]1C. The fraction of sp³-hybridized carbons (Fsp3) is 0.281. The zero-order chi connectivity index (χ0) is 33.4. The Labute approximate surface area is 270 Å². The third-order valence-electron chi connectivity index (χ3n) is 8.34. The summed E-state index contributed by atoms with van der Waals surface area (Å²) in [6.45, 7) is 11.5. The normalized spacial score (nSPS) is 17.0. The lowest BCUT2D eigenvalue weighted by atomic mass is 10.0. The number of benzene rings is 1. The number of halogens is 5. The first-order valence-electron chi connectivity index (χ1n) is 14.3. The lowest BCUT2D eigenvalue weighted by molar-refractivity contribution is -0.130. The summed E-state index contributed by atoms with van der Waals surface area (Å²) in [4.78, 5) is 42.9. The highest BCUT2D eigenvalue weighted by molar-refractivity contribution is 6.38.